The van der Waals surface area contributed by atoms with Gasteiger partial charge in [-0.3, -0.25) is 0 Å². The number of hydrogen-bond acceptors (Lipinski definition) is 2. The molecule has 0 atom stereocenters. The molecule has 0 unspecified atom stereocenters. The van der Waals surface area contributed by atoms with Gasteiger partial charge in [-0.2, -0.15) is 12.7 Å². The molecule has 0 fully saturated rings. The summed E-state index contributed by atoms with van der Waals surface area (Å²) in [6.45, 7) is 6.47. The molecule has 0 aliphatic carbocycles. The van der Waals surface area contributed by atoms with Gasteiger partial charge in [0.15, 0.2) is 0 Å². The Labute approximate surface area is 126 Å². The topological polar surface area (TPSA) is 65.2 Å². The zero-order valence-corrected chi connectivity index (χ0v) is 14.0. The van der Waals surface area contributed by atoms with E-state index in [0.29, 0.717) is 6.54 Å². The molecule has 0 bridgehead atoms. The summed E-state index contributed by atoms with van der Waals surface area (Å²) < 4.78 is 27.7. The molecule has 5 nitrogen and oxygen atoms in total. The van der Waals surface area contributed by atoms with Crippen LogP contribution in [0.2, 0.25) is 0 Å². The van der Waals surface area contributed by atoms with Gasteiger partial charge in [-0.15, -0.1) is 0 Å². The number of fused-ring (bicyclic) bond motifs is 1. The zero-order valence-electron chi connectivity index (χ0n) is 13.2. The van der Waals surface area contributed by atoms with Crippen molar-refractivity contribution >= 4 is 21.1 Å². The molecule has 2 aromatic rings. The molecule has 1 aromatic heterocycles. The van der Waals surface area contributed by atoms with E-state index in [1.165, 1.54) is 18.4 Å². The maximum Gasteiger partial charge on any atom is 0.278 e. The van der Waals surface area contributed by atoms with Crippen molar-refractivity contribution in [3.05, 3.63) is 35.5 Å². The van der Waals surface area contributed by atoms with Crippen molar-refractivity contribution < 1.29 is 8.42 Å². The minimum atomic E-state index is -3.42. The number of nitrogens with one attached hydrogen (secondary N) is 2. The molecule has 0 aliphatic rings. The van der Waals surface area contributed by atoms with Crippen LogP contribution in [0.5, 0.6) is 0 Å². The second kappa shape index (κ2) is 5.44. The van der Waals surface area contributed by atoms with Crippen molar-refractivity contribution in [2.24, 2.45) is 0 Å². The van der Waals surface area contributed by atoms with Gasteiger partial charge < -0.3 is 4.98 Å². The second-order valence-corrected chi connectivity index (χ2v) is 8.13. The fourth-order valence-electron chi connectivity index (χ4n) is 2.64. The Balaban J connectivity index is 2.36. The predicted molar refractivity (Wildman–Crippen MR) is 86.7 cm³/mol. The Morgan fingerprint density at radius 3 is 2.48 bits per heavy atom. The van der Waals surface area contributed by atoms with Crippen molar-refractivity contribution in [1.29, 1.82) is 0 Å². The molecule has 116 valence electrons. The van der Waals surface area contributed by atoms with Crippen LogP contribution < -0.4 is 4.72 Å². The Morgan fingerprint density at radius 2 is 1.86 bits per heavy atom. The lowest BCUT2D eigenvalue weighted by molar-refractivity contribution is 0.470. The number of aromatic nitrogens is 1. The van der Waals surface area contributed by atoms with Gasteiger partial charge in [0.1, 0.15) is 0 Å². The van der Waals surface area contributed by atoms with Gasteiger partial charge in [0, 0.05) is 42.7 Å². The lowest BCUT2D eigenvalue weighted by Crippen LogP contribution is -2.42. The smallest absolute Gasteiger partial charge is 0.278 e. The third-order valence-corrected chi connectivity index (χ3v) is 5.22. The molecule has 0 saturated carbocycles. The van der Waals surface area contributed by atoms with Crippen LogP contribution in [0.25, 0.3) is 10.9 Å². The van der Waals surface area contributed by atoms with Gasteiger partial charge >= 0.3 is 0 Å². The van der Waals surface area contributed by atoms with Gasteiger partial charge in [0.25, 0.3) is 10.2 Å². The Kier molecular flexibility index (Phi) is 4.15. The van der Waals surface area contributed by atoms with Crippen LogP contribution in [0.1, 0.15) is 25.1 Å². The first-order valence-electron chi connectivity index (χ1n) is 6.90. The van der Waals surface area contributed by atoms with E-state index in [2.05, 4.69) is 15.8 Å². The first-order valence-corrected chi connectivity index (χ1v) is 8.34. The number of nitrogens with zero attached hydrogens (tertiary/aromatic N) is 1. The number of aromatic amines is 1. The highest BCUT2D eigenvalue weighted by Gasteiger charge is 2.28. The Morgan fingerprint density at radius 1 is 1.24 bits per heavy atom. The van der Waals surface area contributed by atoms with E-state index < -0.39 is 10.2 Å². The van der Waals surface area contributed by atoms with Crippen LogP contribution in [-0.2, 0) is 15.6 Å². The fraction of sp³-hybridized carbons (Fsp3) is 0.467. The molecule has 0 aliphatic heterocycles. The van der Waals surface area contributed by atoms with Gasteiger partial charge in [-0.25, -0.2) is 4.72 Å². The summed E-state index contributed by atoms with van der Waals surface area (Å²) in [6, 6.07) is 8.09. The summed E-state index contributed by atoms with van der Waals surface area (Å²) in [6.07, 6.45) is 0. The van der Waals surface area contributed by atoms with Crippen LogP contribution in [0.4, 0.5) is 0 Å². The number of hydrogen-bond donors (Lipinski definition) is 2. The molecule has 0 radical (unpaired) electrons. The highest BCUT2D eigenvalue weighted by Crippen LogP contribution is 2.33. The minimum Gasteiger partial charge on any atom is -0.358 e. The average molecular weight is 309 g/mol. The van der Waals surface area contributed by atoms with E-state index in [-0.39, 0.29) is 5.41 Å². The number of aryl methyl sites for hydroxylation is 1. The summed E-state index contributed by atoms with van der Waals surface area (Å²) in [5.41, 5.74) is 2.99. The molecule has 1 heterocycles. The summed E-state index contributed by atoms with van der Waals surface area (Å²) >= 11 is 0. The normalized spacial score (nSPS) is 13.2. The molecule has 1 aromatic carbocycles. The van der Waals surface area contributed by atoms with Gasteiger partial charge in [-0.05, 0) is 18.6 Å². The highest BCUT2D eigenvalue weighted by atomic mass is 32.2. The Bertz CT molecular complexity index is 745. The molecule has 2 N–H and O–H groups in total. The van der Waals surface area contributed by atoms with E-state index in [0.717, 1.165) is 22.2 Å². The molecule has 0 amide bonds. The lowest BCUT2D eigenvalue weighted by atomic mass is 9.83. The van der Waals surface area contributed by atoms with Crippen molar-refractivity contribution in [2.75, 3.05) is 20.6 Å². The van der Waals surface area contributed by atoms with Crippen LogP contribution >= 0.6 is 0 Å². The molecule has 21 heavy (non-hydrogen) atoms. The predicted octanol–water partition coefficient (Wildman–Crippen LogP) is 2.15. The molecular weight excluding hydrogens is 286 g/mol. The number of H-pyrrole nitrogens is 1. The SMILES string of the molecule is Cc1[nH]c2ccccc2c1C(C)(C)CNS(=O)(=O)N(C)C. The average Bonchev–Trinajstić information content (AvgIpc) is 2.73. The largest absolute Gasteiger partial charge is 0.358 e. The van der Waals surface area contributed by atoms with Crippen LogP contribution in [0.15, 0.2) is 24.3 Å². The minimum absolute atomic E-state index is 0.313. The standard InChI is InChI=1S/C15H23N3O2S/c1-11-14(12-8-6-7-9-13(12)17-11)15(2,3)10-16-21(19,20)18(4)5/h6-9,16-17H,10H2,1-5H3. The number of para-hydroxylation sites is 1. The van der Waals surface area contributed by atoms with Gasteiger partial charge in [0.2, 0.25) is 0 Å². The third-order valence-electron chi connectivity index (χ3n) is 3.75. The number of rotatable bonds is 5. The highest BCUT2D eigenvalue weighted by molar-refractivity contribution is 7.87. The summed E-state index contributed by atoms with van der Waals surface area (Å²) in [5.74, 6) is 0. The van der Waals surface area contributed by atoms with E-state index in [1.54, 1.807) is 0 Å². The molecule has 0 saturated heterocycles. The first kappa shape index (κ1) is 16.0. The number of benzene rings is 1. The monoisotopic (exact) mass is 309 g/mol. The van der Waals surface area contributed by atoms with Crippen molar-refractivity contribution in [3.8, 4) is 0 Å². The van der Waals surface area contributed by atoms with Crippen molar-refractivity contribution in [2.45, 2.75) is 26.2 Å². The molecule has 6 heteroatoms. The second-order valence-electron chi connectivity index (χ2n) is 6.16. The maximum atomic E-state index is 11.9. The quantitative estimate of drug-likeness (QED) is 0.889. The van der Waals surface area contributed by atoms with E-state index in [1.807, 2.05) is 39.0 Å². The summed E-state index contributed by atoms with van der Waals surface area (Å²) in [4.78, 5) is 3.37. The van der Waals surface area contributed by atoms with Crippen LogP contribution in [0, 0.1) is 6.92 Å². The fourth-order valence-corrected chi connectivity index (χ4v) is 3.44. The van der Waals surface area contributed by atoms with Gasteiger partial charge in [-0.1, -0.05) is 32.0 Å². The van der Waals surface area contributed by atoms with E-state index >= 15 is 0 Å². The van der Waals surface area contributed by atoms with Crippen LogP contribution in [0.3, 0.4) is 0 Å². The molecule has 2 rings (SSSR count). The zero-order chi connectivity index (χ0) is 15.8. The Hall–Kier alpha value is -1.37. The molecule has 0 spiro atoms. The van der Waals surface area contributed by atoms with Gasteiger partial charge in [0.05, 0.1) is 0 Å². The van der Waals surface area contributed by atoms with Crippen molar-refractivity contribution in [1.82, 2.24) is 14.0 Å². The maximum absolute atomic E-state index is 11.9. The lowest BCUT2D eigenvalue weighted by Gasteiger charge is -2.27. The van der Waals surface area contributed by atoms with Crippen molar-refractivity contribution in [3.63, 3.8) is 0 Å². The van der Waals surface area contributed by atoms with E-state index in [9.17, 15) is 8.42 Å². The first-order chi connectivity index (χ1) is 9.65. The third kappa shape index (κ3) is 3.12. The molecular formula is C15H23N3O2S. The summed E-state index contributed by atoms with van der Waals surface area (Å²) in [5, 5.41) is 1.14. The van der Waals surface area contributed by atoms with Crippen LogP contribution in [-0.4, -0.2) is 38.3 Å². The van der Waals surface area contributed by atoms with E-state index in [4.69, 9.17) is 0 Å². The summed E-state index contributed by atoms with van der Waals surface area (Å²) in [7, 11) is -0.375.